The molecule has 2 N–H and O–H groups in total. The van der Waals surface area contributed by atoms with E-state index in [4.69, 9.17) is 4.74 Å². The van der Waals surface area contributed by atoms with E-state index in [-0.39, 0.29) is 24.2 Å². The summed E-state index contributed by atoms with van der Waals surface area (Å²) < 4.78 is 5.19. The zero-order chi connectivity index (χ0) is 19.4. The molecule has 0 spiro atoms. The van der Waals surface area contributed by atoms with E-state index >= 15 is 0 Å². The summed E-state index contributed by atoms with van der Waals surface area (Å²) in [5.74, 6) is 1.08. The maximum Gasteiger partial charge on any atom is 0.274 e. The van der Waals surface area contributed by atoms with Crippen LogP contribution in [0, 0.1) is 23.0 Å². The van der Waals surface area contributed by atoms with Crippen molar-refractivity contribution in [2.24, 2.45) is 5.92 Å². The summed E-state index contributed by atoms with van der Waals surface area (Å²) >= 11 is 0. The molecule has 0 bridgehead atoms. The van der Waals surface area contributed by atoms with Crippen molar-refractivity contribution in [2.75, 3.05) is 19.0 Å². The average Bonchev–Trinajstić information content (AvgIpc) is 3.50. The van der Waals surface area contributed by atoms with Crippen molar-refractivity contribution in [1.29, 1.82) is 0 Å². The number of nitro benzene ring substituents is 1. The van der Waals surface area contributed by atoms with E-state index in [1.54, 1.807) is 26.2 Å². The molecule has 0 saturated heterocycles. The van der Waals surface area contributed by atoms with Gasteiger partial charge in [0.2, 0.25) is 5.91 Å². The summed E-state index contributed by atoms with van der Waals surface area (Å²) in [6.45, 7) is 1.73. The summed E-state index contributed by atoms with van der Waals surface area (Å²) in [5, 5.41) is 17.1. The Morgan fingerprint density at radius 3 is 2.56 bits per heavy atom. The van der Waals surface area contributed by atoms with Crippen LogP contribution in [0.5, 0.6) is 5.75 Å². The number of nitrogens with zero attached hydrogens (tertiary/aromatic N) is 1. The minimum Gasteiger partial charge on any atom is -0.497 e. The second kappa shape index (κ2) is 8.07. The first kappa shape index (κ1) is 18.7. The number of benzene rings is 2. The van der Waals surface area contributed by atoms with E-state index < -0.39 is 4.92 Å². The molecule has 0 aliphatic heterocycles. The number of carbonyl (C=O) groups is 1. The Labute approximate surface area is 157 Å². The molecule has 1 unspecified atom stereocenters. The lowest BCUT2D eigenvalue weighted by atomic mass is 10.0. The largest absolute Gasteiger partial charge is 0.497 e. The van der Waals surface area contributed by atoms with Gasteiger partial charge >= 0.3 is 0 Å². The maximum absolute atomic E-state index is 12.5. The standard InChI is InChI=1S/C20H23N3O4/c1-13-17(4-3-5-18(13)23(25)26)21-12-19(24)22-20(14-6-7-14)15-8-10-16(27-2)11-9-15/h3-5,8-11,14,20-21H,6-7,12H2,1-2H3,(H,22,24). The molecule has 1 aliphatic rings. The molecule has 3 rings (SSSR count). The van der Waals surface area contributed by atoms with Crippen LogP contribution in [0.4, 0.5) is 11.4 Å². The van der Waals surface area contributed by atoms with Gasteiger partial charge in [0.15, 0.2) is 0 Å². The first-order valence-electron chi connectivity index (χ1n) is 8.90. The second-order valence-corrected chi connectivity index (χ2v) is 6.72. The summed E-state index contributed by atoms with van der Waals surface area (Å²) in [5.41, 5.74) is 2.20. The van der Waals surface area contributed by atoms with Crippen molar-refractivity contribution in [1.82, 2.24) is 5.32 Å². The Morgan fingerprint density at radius 1 is 1.26 bits per heavy atom. The number of amides is 1. The highest BCUT2D eigenvalue weighted by Gasteiger charge is 2.33. The van der Waals surface area contributed by atoms with Crippen molar-refractivity contribution < 1.29 is 14.5 Å². The molecule has 142 valence electrons. The van der Waals surface area contributed by atoms with Crippen LogP contribution in [0.1, 0.15) is 30.0 Å². The number of anilines is 1. The molecular formula is C20H23N3O4. The van der Waals surface area contributed by atoms with Crippen molar-refractivity contribution in [3.8, 4) is 5.75 Å². The number of hydrogen-bond acceptors (Lipinski definition) is 5. The molecule has 0 heterocycles. The van der Waals surface area contributed by atoms with Crippen LogP contribution in [0.2, 0.25) is 0 Å². The zero-order valence-electron chi connectivity index (χ0n) is 15.4. The predicted octanol–water partition coefficient (Wildman–Crippen LogP) is 3.59. The van der Waals surface area contributed by atoms with E-state index in [2.05, 4.69) is 10.6 Å². The lowest BCUT2D eigenvalue weighted by Crippen LogP contribution is -2.34. The normalized spacial score (nSPS) is 14.3. The lowest BCUT2D eigenvalue weighted by molar-refractivity contribution is -0.385. The van der Waals surface area contributed by atoms with Crippen LogP contribution >= 0.6 is 0 Å². The first-order valence-corrected chi connectivity index (χ1v) is 8.90. The van der Waals surface area contributed by atoms with E-state index in [0.29, 0.717) is 17.2 Å². The van der Waals surface area contributed by atoms with Gasteiger partial charge in [0.1, 0.15) is 5.75 Å². The van der Waals surface area contributed by atoms with Crippen LogP contribution in [0.3, 0.4) is 0 Å². The first-order chi connectivity index (χ1) is 13.0. The summed E-state index contributed by atoms with van der Waals surface area (Å²) in [6, 6.07) is 12.5. The quantitative estimate of drug-likeness (QED) is 0.548. The highest BCUT2D eigenvalue weighted by Crippen LogP contribution is 2.41. The van der Waals surface area contributed by atoms with Crippen molar-refractivity contribution in [3.05, 3.63) is 63.7 Å². The molecule has 1 atom stereocenters. The van der Waals surface area contributed by atoms with Gasteiger partial charge in [-0.2, -0.15) is 0 Å². The zero-order valence-corrected chi connectivity index (χ0v) is 15.4. The minimum absolute atomic E-state index is 0.0311. The molecule has 1 aliphatic carbocycles. The summed E-state index contributed by atoms with van der Waals surface area (Å²) in [4.78, 5) is 23.1. The summed E-state index contributed by atoms with van der Waals surface area (Å²) in [6.07, 6.45) is 2.18. The lowest BCUT2D eigenvalue weighted by Gasteiger charge is -2.20. The van der Waals surface area contributed by atoms with Crippen LogP contribution in [0.25, 0.3) is 0 Å². The molecule has 0 aromatic heterocycles. The molecular weight excluding hydrogens is 346 g/mol. The second-order valence-electron chi connectivity index (χ2n) is 6.72. The van der Waals surface area contributed by atoms with E-state index in [1.165, 1.54) is 6.07 Å². The third-order valence-corrected chi connectivity index (χ3v) is 4.83. The van der Waals surface area contributed by atoms with Gasteiger partial charge in [-0.15, -0.1) is 0 Å². The van der Waals surface area contributed by atoms with Crippen LogP contribution in [0.15, 0.2) is 42.5 Å². The number of ether oxygens (including phenoxy) is 1. The number of nitro groups is 1. The number of methoxy groups -OCH3 is 1. The average molecular weight is 369 g/mol. The van der Waals surface area contributed by atoms with Gasteiger partial charge in [-0.05, 0) is 49.4 Å². The van der Waals surface area contributed by atoms with Crippen molar-refractivity contribution >= 4 is 17.3 Å². The Morgan fingerprint density at radius 2 is 1.96 bits per heavy atom. The van der Waals surface area contributed by atoms with Crippen molar-refractivity contribution in [2.45, 2.75) is 25.8 Å². The molecule has 1 saturated carbocycles. The predicted molar refractivity (Wildman–Crippen MR) is 103 cm³/mol. The third-order valence-electron chi connectivity index (χ3n) is 4.83. The van der Waals surface area contributed by atoms with Gasteiger partial charge in [0.05, 0.1) is 24.6 Å². The molecule has 7 heteroatoms. The van der Waals surface area contributed by atoms with Crippen molar-refractivity contribution in [3.63, 3.8) is 0 Å². The third kappa shape index (κ3) is 4.55. The maximum atomic E-state index is 12.5. The Balaban J connectivity index is 1.63. The van der Waals surface area contributed by atoms with E-state index in [9.17, 15) is 14.9 Å². The topological polar surface area (TPSA) is 93.5 Å². The van der Waals surface area contributed by atoms with E-state index in [0.717, 1.165) is 24.2 Å². The van der Waals surface area contributed by atoms with Gasteiger partial charge in [-0.1, -0.05) is 18.2 Å². The van der Waals surface area contributed by atoms with Crippen LogP contribution in [-0.2, 0) is 4.79 Å². The Bertz CT molecular complexity index is 832. The summed E-state index contributed by atoms with van der Waals surface area (Å²) in [7, 11) is 1.62. The molecule has 1 amide bonds. The number of nitrogens with one attached hydrogen (secondary N) is 2. The molecule has 2 aromatic carbocycles. The van der Waals surface area contributed by atoms with Gasteiger partial charge in [0.25, 0.3) is 5.69 Å². The highest BCUT2D eigenvalue weighted by molar-refractivity contribution is 5.81. The fourth-order valence-electron chi connectivity index (χ4n) is 3.13. The monoisotopic (exact) mass is 369 g/mol. The molecule has 1 fully saturated rings. The SMILES string of the molecule is COc1ccc(C(NC(=O)CNc2cccc([N+](=O)[O-])c2C)C2CC2)cc1. The fraction of sp³-hybridized carbons (Fsp3) is 0.350. The molecule has 2 aromatic rings. The van der Waals surface area contributed by atoms with Crippen LogP contribution < -0.4 is 15.4 Å². The van der Waals surface area contributed by atoms with Gasteiger partial charge < -0.3 is 15.4 Å². The molecule has 0 radical (unpaired) electrons. The number of carbonyl (C=O) groups excluding carboxylic acids is 1. The Kier molecular flexibility index (Phi) is 5.59. The number of rotatable bonds is 8. The molecule has 7 nitrogen and oxygen atoms in total. The smallest absolute Gasteiger partial charge is 0.274 e. The highest BCUT2D eigenvalue weighted by atomic mass is 16.6. The van der Waals surface area contributed by atoms with Gasteiger partial charge in [-0.25, -0.2) is 0 Å². The van der Waals surface area contributed by atoms with Gasteiger partial charge in [0, 0.05) is 17.3 Å². The minimum atomic E-state index is -0.423. The van der Waals surface area contributed by atoms with Crippen LogP contribution in [-0.4, -0.2) is 24.5 Å². The number of hydrogen-bond donors (Lipinski definition) is 2. The van der Waals surface area contributed by atoms with E-state index in [1.807, 2.05) is 24.3 Å². The fourth-order valence-corrected chi connectivity index (χ4v) is 3.13. The van der Waals surface area contributed by atoms with Gasteiger partial charge in [-0.3, -0.25) is 14.9 Å². The Hall–Kier alpha value is -3.09. The molecule has 27 heavy (non-hydrogen) atoms.